The summed E-state index contributed by atoms with van der Waals surface area (Å²) < 4.78 is 0. The lowest BCUT2D eigenvalue weighted by atomic mass is 9.98. The molecule has 0 aromatic rings. The van der Waals surface area contributed by atoms with E-state index >= 15 is 0 Å². The molecule has 2 aliphatic heterocycles. The second-order valence-corrected chi connectivity index (χ2v) is 7.42. The molecule has 0 aliphatic carbocycles. The minimum absolute atomic E-state index is 0.0778. The zero-order valence-corrected chi connectivity index (χ0v) is 15.8. The van der Waals surface area contributed by atoms with Crippen molar-refractivity contribution in [2.24, 2.45) is 16.8 Å². The van der Waals surface area contributed by atoms with Gasteiger partial charge in [0.1, 0.15) is 0 Å². The highest BCUT2D eigenvalue weighted by atomic mass is 16.2. The average Bonchev–Trinajstić information content (AvgIpc) is 3.06. The largest absolute Gasteiger partial charge is 0.356 e. The highest BCUT2D eigenvalue weighted by Crippen LogP contribution is 2.15. The number of nitrogens with zero attached hydrogens (tertiary/aromatic N) is 3. The third-order valence-electron chi connectivity index (χ3n) is 5.17. The Kier molecular flexibility index (Phi) is 7.34. The Bertz CT molecular complexity index is 437. The van der Waals surface area contributed by atoms with Crippen LogP contribution in [0.25, 0.3) is 0 Å². The molecular formula is C18H35N5O. The van der Waals surface area contributed by atoms with Crippen molar-refractivity contribution in [1.29, 1.82) is 0 Å². The number of piperidine rings is 1. The average molecular weight is 338 g/mol. The summed E-state index contributed by atoms with van der Waals surface area (Å²) in [5.41, 5.74) is 0. The van der Waals surface area contributed by atoms with Gasteiger partial charge in [-0.1, -0.05) is 20.8 Å². The molecule has 2 heterocycles. The standard InChI is InChI=1S/C18H35N5O/c1-5-22-9-6-7-15(12-22)11-20-18(19-4)21-16-8-10-23(13-16)17(24)14(2)3/h14-16H,5-13H2,1-4H3,(H2,19,20,21). The highest BCUT2D eigenvalue weighted by Gasteiger charge is 2.28. The maximum absolute atomic E-state index is 12.1. The molecule has 2 atom stereocenters. The van der Waals surface area contributed by atoms with E-state index in [1.807, 2.05) is 25.8 Å². The van der Waals surface area contributed by atoms with E-state index in [0.717, 1.165) is 38.6 Å². The molecule has 0 bridgehead atoms. The zero-order valence-electron chi connectivity index (χ0n) is 15.8. The number of amides is 1. The van der Waals surface area contributed by atoms with Gasteiger partial charge in [0.05, 0.1) is 0 Å². The van der Waals surface area contributed by atoms with E-state index in [0.29, 0.717) is 12.0 Å². The van der Waals surface area contributed by atoms with Gasteiger partial charge < -0.3 is 20.4 Å². The van der Waals surface area contributed by atoms with Gasteiger partial charge in [-0.25, -0.2) is 0 Å². The van der Waals surface area contributed by atoms with Crippen molar-refractivity contribution >= 4 is 11.9 Å². The van der Waals surface area contributed by atoms with Crippen LogP contribution >= 0.6 is 0 Å². The molecule has 2 saturated heterocycles. The monoisotopic (exact) mass is 337 g/mol. The van der Waals surface area contributed by atoms with Crippen LogP contribution in [0.1, 0.15) is 40.0 Å². The molecular weight excluding hydrogens is 302 g/mol. The second kappa shape index (κ2) is 9.25. The number of carbonyl (C=O) groups excluding carboxylic acids is 1. The predicted octanol–water partition coefficient (Wildman–Crippen LogP) is 1.14. The Hall–Kier alpha value is -1.30. The molecule has 2 unspecified atom stereocenters. The fraction of sp³-hybridized carbons (Fsp3) is 0.889. The van der Waals surface area contributed by atoms with E-state index in [1.165, 1.54) is 25.9 Å². The Balaban J connectivity index is 1.74. The number of likely N-dealkylation sites (tertiary alicyclic amines) is 2. The molecule has 0 saturated carbocycles. The van der Waals surface area contributed by atoms with E-state index < -0.39 is 0 Å². The fourth-order valence-electron chi connectivity index (χ4n) is 3.68. The van der Waals surface area contributed by atoms with Crippen molar-refractivity contribution < 1.29 is 4.79 Å². The maximum atomic E-state index is 12.1. The van der Waals surface area contributed by atoms with E-state index in [-0.39, 0.29) is 11.8 Å². The third kappa shape index (κ3) is 5.36. The lowest BCUT2D eigenvalue weighted by molar-refractivity contribution is -0.133. The smallest absolute Gasteiger partial charge is 0.225 e. The summed E-state index contributed by atoms with van der Waals surface area (Å²) in [6.07, 6.45) is 3.58. The van der Waals surface area contributed by atoms with Crippen molar-refractivity contribution in [2.45, 2.75) is 46.1 Å². The molecule has 2 aliphatic rings. The van der Waals surface area contributed by atoms with Crippen molar-refractivity contribution in [1.82, 2.24) is 20.4 Å². The first kappa shape index (κ1) is 19.0. The number of carbonyl (C=O) groups is 1. The summed E-state index contributed by atoms with van der Waals surface area (Å²) in [6, 6.07) is 0.303. The second-order valence-electron chi connectivity index (χ2n) is 7.42. The molecule has 1 amide bonds. The van der Waals surface area contributed by atoms with Crippen LogP contribution in [0.3, 0.4) is 0 Å². The fourth-order valence-corrected chi connectivity index (χ4v) is 3.68. The Morgan fingerprint density at radius 1 is 1.25 bits per heavy atom. The van der Waals surface area contributed by atoms with Crippen LogP contribution in [0.15, 0.2) is 4.99 Å². The predicted molar refractivity (Wildman–Crippen MR) is 99.2 cm³/mol. The van der Waals surface area contributed by atoms with Gasteiger partial charge in [-0.2, -0.15) is 0 Å². The van der Waals surface area contributed by atoms with Crippen LogP contribution in [0, 0.1) is 11.8 Å². The summed E-state index contributed by atoms with van der Waals surface area (Å²) in [5.74, 6) is 1.89. The van der Waals surface area contributed by atoms with E-state index in [4.69, 9.17) is 0 Å². The Morgan fingerprint density at radius 2 is 2.04 bits per heavy atom. The summed E-state index contributed by atoms with van der Waals surface area (Å²) in [5, 5.41) is 6.97. The van der Waals surface area contributed by atoms with Crippen LogP contribution in [-0.2, 0) is 4.79 Å². The molecule has 2 N–H and O–H groups in total. The number of guanidine groups is 1. The summed E-state index contributed by atoms with van der Waals surface area (Å²) >= 11 is 0. The zero-order chi connectivity index (χ0) is 17.5. The Morgan fingerprint density at radius 3 is 2.71 bits per heavy atom. The van der Waals surface area contributed by atoms with Crippen LogP contribution in [0.4, 0.5) is 0 Å². The molecule has 0 spiro atoms. The van der Waals surface area contributed by atoms with Crippen LogP contribution < -0.4 is 10.6 Å². The number of nitrogens with one attached hydrogen (secondary N) is 2. The lowest BCUT2D eigenvalue weighted by Crippen LogP contribution is -2.48. The van der Waals surface area contributed by atoms with Gasteiger partial charge in [0.2, 0.25) is 5.91 Å². The molecule has 24 heavy (non-hydrogen) atoms. The lowest BCUT2D eigenvalue weighted by Gasteiger charge is -2.32. The molecule has 2 fully saturated rings. The number of hydrogen-bond donors (Lipinski definition) is 2. The van der Waals surface area contributed by atoms with Crippen LogP contribution in [0.5, 0.6) is 0 Å². The van der Waals surface area contributed by atoms with Crippen molar-refractivity contribution in [3.8, 4) is 0 Å². The van der Waals surface area contributed by atoms with Crippen molar-refractivity contribution in [3.05, 3.63) is 0 Å². The molecule has 0 radical (unpaired) electrons. The first-order valence-corrected chi connectivity index (χ1v) is 9.51. The van der Waals surface area contributed by atoms with Gasteiger partial charge in [-0.05, 0) is 38.3 Å². The number of rotatable bonds is 5. The third-order valence-corrected chi connectivity index (χ3v) is 5.17. The molecule has 0 aromatic carbocycles. The minimum atomic E-state index is 0.0778. The van der Waals surface area contributed by atoms with Gasteiger partial charge in [0, 0.05) is 45.2 Å². The molecule has 2 rings (SSSR count). The van der Waals surface area contributed by atoms with Gasteiger partial charge in [-0.3, -0.25) is 9.79 Å². The topological polar surface area (TPSA) is 60.0 Å². The van der Waals surface area contributed by atoms with E-state index in [1.54, 1.807) is 0 Å². The first-order chi connectivity index (χ1) is 11.5. The minimum Gasteiger partial charge on any atom is -0.356 e. The highest BCUT2D eigenvalue weighted by molar-refractivity contribution is 5.81. The molecule has 6 nitrogen and oxygen atoms in total. The summed E-state index contributed by atoms with van der Waals surface area (Å²) in [4.78, 5) is 20.9. The van der Waals surface area contributed by atoms with E-state index in [9.17, 15) is 4.79 Å². The van der Waals surface area contributed by atoms with Crippen molar-refractivity contribution in [3.63, 3.8) is 0 Å². The van der Waals surface area contributed by atoms with Crippen molar-refractivity contribution in [2.75, 3.05) is 46.3 Å². The van der Waals surface area contributed by atoms with Crippen LogP contribution in [0.2, 0.25) is 0 Å². The molecule has 0 aromatic heterocycles. The van der Waals surface area contributed by atoms with Crippen LogP contribution in [-0.4, -0.2) is 74.0 Å². The van der Waals surface area contributed by atoms with Gasteiger partial charge in [-0.15, -0.1) is 0 Å². The SMILES string of the molecule is CCN1CCCC(CNC(=NC)NC2CCN(C(=O)C(C)C)C2)C1. The van der Waals surface area contributed by atoms with Gasteiger partial charge >= 0.3 is 0 Å². The molecule has 138 valence electrons. The normalized spacial score (nSPS) is 26.0. The summed E-state index contributed by atoms with van der Waals surface area (Å²) in [7, 11) is 1.82. The van der Waals surface area contributed by atoms with Gasteiger partial charge in [0.15, 0.2) is 5.96 Å². The maximum Gasteiger partial charge on any atom is 0.225 e. The summed E-state index contributed by atoms with van der Waals surface area (Å²) in [6.45, 7) is 12.3. The number of aliphatic imine (C=N–C) groups is 1. The first-order valence-electron chi connectivity index (χ1n) is 9.51. The molecule has 6 heteroatoms. The Labute approximate surface area is 147 Å². The quantitative estimate of drug-likeness (QED) is 0.583. The van der Waals surface area contributed by atoms with E-state index in [2.05, 4.69) is 27.4 Å². The number of hydrogen-bond acceptors (Lipinski definition) is 3. The van der Waals surface area contributed by atoms with Gasteiger partial charge in [0.25, 0.3) is 0 Å².